The molecule has 6 nitrogen and oxygen atoms in total. The van der Waals surface area contributed by atoms with Crippen LogP contribution in [-0.2, 0) is 6.42 Å². The van der Waals surface area contributed by atoms with E-state index in [2.05, 4.69) is 52.1 Å². The number of aromatic nitrogens is 4. The Hall–Kier alpha value is -3.09. The van der Waals surface area contributed by atoms with Crippen LogP contribution in [0, 0.1) is 29.5 Å². The fourth-order valence-corrected chi connectivity index (χ4v) is 4.59. The first-order valence-corrected chi connectivity index (χ1v) is 10.8. The molecule has 1 aromatic carbocycles. The van der Waals surface area contributed by atoms with E-state index in [-0.39, 0.29) is 17.6 Å². The standard InChI is InChI=1S/C24H28FN5O/c1-14(2)19-9-16(10-23-29-20-5-4-18(25)11-21(20)30-23)15(3)8-17(19)12-28-24(31)22-13-26-6-7-27-22/h4-8,11,13-14,16-17,19H,9-10,12H2,1-3H3,(H,28,31)(H,29,30)/t16-,17-,19-/m0/s1. The van der Waals surface area contributed by atoms with E-state index in [0.717, 1.165) is 29.7 Å². The van der Waals surface area contributed by atoms with Crippen molar-refractivity contribution < 1.29 is 9.18 Å². The van der Waals surface area contributed by atoms with Gasteiger partial charge in [0.25, 0.3) is 5.91 Å². The molecule has 2 aromatic heterocycles. The molecular formula is C24H28FN5O. The Morgan fingerprint density at radius 3 is 2.90 bits per heavy atom. The summed E-state index contributed by atoms with van der Waals surface area (Å²) in [6.45, 7) is 7.20. The predicted octanol–water partition coefficient (Wildman–Crippen LogP) is 4.32. The molecule has 1 amide bonds. The highest BCUT2D eigenvalue weighted by Crippen LogP contribution is 2.38. The van der Waals surface area contributed by atoms with Crippen LogP contribution < -0.4 is 5.32 Å². The first-order valence-electron chi connectivity index (χ1n) is 10.8. The summed E-state index contributed by atoms with van der Waals surface area (Å²) in [7, 11) is 0. The maximum Gasteiger partial charge on any atom is 0.271 e. The third-order valence-corrected chi connectivity index (χ3v) is 6.31. The second-order valence-corrected chi connectivity index (χ2v) is 8.76. The molecule has 162 valence electrons. The highest BCUT2D eigenvalue weighted by molar-refractivity contribution is 5.91. The number of rotatable bonds is 6. The summed E-state index contributed by atoms with van der Waals surface area (Å²) in [5.41, 5.74) is 3.16. The second kappa shape index (κ2) is 8.96. The van der Waals surface area contributed by atoms with Crippen molar-refractivity contribution in [1.29, 1.82) is 0 Å². The number of carbonyl (C=O) groups excluding carboxylic acids is 1. The van der Waals surface area contributed by atoms with E-state index in [1.165, 1.54) is 30.1 Å². The number of hydrogen-bond donors (Lipinski definition) is 2. The number of allylic oxidation sites excluding steroid dienone is 1. The topological polar surface area (TPSA) is 83.6 Å². The van der Waals surface area contributed by atoms with E-state index in [9.17, 15) is 9.18 Å². The summed E-state index contributed by atoms with van der Waals surface area (Å²) in [6.07, 6.45) is 8.67. The monoisotopic (exact) mass is 421 g/mol. The quantitative estimate of drug-likeness (QED) is 0.581. The Morgan fingerprint density at radius 2 is 2.16 bits per heavy atom. The van der Waals surface area contributed by atoms with Crippen molar-refractivity contribution in [2.75, 3.05) is 6.54 Å². The summed E-state index contributed by atoms with van der Waals surface area (Å²) in [4.78, 5) is 28.3. The molecule has 0 unspecified atom stereocenters. The van der Waals surface area contributed by atoms with Crippen molar-refractivity contribution >= 4 is 16.9 Å². The highest BCUT2D eigenvalue weighted by Gasteiger charge is 2.32. The lowest BCUT2D eigenvalue weighted by molar-refractivity contribution is 0.0933. The van der Waals surface area contributed by atoms with Crippen LogP contribution in [0.1, 0.15) is 43.5 Å². The van der Waals surface area contributed by atoms with Crippen molar-refractivity contribution in [3.63, 3.8) is 0 Å². The molecule has 0 aliphatic heterocycles. The van der Waals surface area contributed by atoms with Crippen molar-refractivity contribution in [3.8, 4) is 0 Å². The number of benzene rings is 1. The first-order chi connectivity index (χ1) is 14.9. The van der Waals surface area contributed by atoms with E-state index in [4.69, 9.17) is 0 Å². The fraction of sp³-hybridized carbons (Fsp3) is 0.417. The van der Waals surface area contributed by atoms with Gasteiger partial charge in [0.15, 0.2) is 0 Å². The third-order valence-electron chi connectivity index (χ3n) is 6.31. The van der Waals surface area contributed by atoms with Gasteiger partial charge in [-0.15, -0.1) is 0 Å². The second-order valence-electron chi connectivity index (χ2n) is 8.76. The van der Waals surface area contributed by atoms with Crippen molar-refractivity contribution in [3.05, 3.63) is 65.8 Å². The van der Waals surface area contributed by atoms with Gasteiger partial charge in [-0.25, -0.2) is 14.4 Å². The number of nitrogens with one attached hydrogen (secondary N) is 2. The molecule has 7 heteroatoms. The summed E-state index contributed by atoms with van der Waals surface area (Å²) in [5, 5.41) is 3.02. The summed E-state index contributed by atoms with van der Waals surface area (Å²) in [6, 6.07) is 4.64. The largest absolute Gasteiger partial charge is 0.350 e. The fourth-order valence-electron chi connectivity index (χ4n) is 4.59. The van der Waals surface area contributed by atoms with Gasteiger partial charge in [-0.2, -0.15) is 0 Å². The van der Waals surface area contributed by atoms with Crippen LogP contribution >= 0.6 is 0 Å². The average molecular weight is 422 g/mol. The molecule has 0 bridgehead atoms. The lowest BCUT2D eigenvalue weighted by Gasteiger charge is -2.37. The number of aromatic amines is 1. The van der Waals surface area contributed by atoms with Crippen molar-refractivity contribution in [2.24, 2.45) is 23.7 Å². The van der Waals surface area contributed by atoms with Gasteiger partial charge in [-0.1, -0.05) is 25.5 Å². The summed E-state index contributed by atoms with van der Waals surface area (Å²) in [5.74, 6) is 1.98. The number of carbonyl (C=O) groups is 1. The molecule has 3 aromatic rings. The number of amides is 1. The van der Waals surface area contributed by atoms with Crippen LogP contribution in [0.4, 0.5) is 4.39 Å². The predicted molar refractivity (Wildman–Crippen MR) is 118 cm³/mol. The van der Waals surface area contributed by atoms with Crippen LogP contribution in [-0.4, -0.2) is 32.4 Å². The zero-order chi connectivity index (χ0) is 22.0. The number of nitrogens with zero attached hydrogens (tertiary/aromatic N) is 3. The van der Waals surface area contributed by atoms with Gasteiger partial charge in [-0.05, 0) is 55.2 Å². The molecule has 0 saturated carbocycles. The maximum absolute atomic E-state index is 13.5. The normalized spacial score (nSPS) is 21.3. The zero-order valence-corrected chi connectivity index (χ0v) is 18.1. The van der Waals surface area contributed by atoms with Gasteiger partial charge < -0.3 is 10.3 Å². The zero-order valence-electron chi connectivity index (χ0n) is 18.1. The van der Waals surface area contributed by atoms with E-state index >= 15 is 0 Å². The van der Waals surface area contributed by atoms with Crippen molar-refractivity contribution in [2.45, 2.75) is 33.6 Å². The van der Waals surface area contributed by atoms with Gasteiger partial charge in [0.2, 0.25) is 0 Å². The van der Waals surface area contributed by atoms with Gasteiger partial charge in [0.05, 0.1) is 17.2 Å². The number of imidazole rings is 1. The molecule has 0 saturated heterocycles. The molecular weight excluding hydrogens is 393 g/mol. The van der Waals surface area contributed by atoms with Gasteiger partial charge in [0.1, 0.15) is 17.3 Å². The molecule has 1 aliphatic rings. The molecule has 0 radical (unpaired) electrons. The van der Waals surface area contributed by atoms with Crippen molar-refractivity contribution in [1.82, 2.24) is 25.3 Å². The Kier molecular flexibility index (Phi) is 6.11. The van der Waals surface area contributed by atoms with Crippen LogP contribution in [0.25, 0.3) is 11.0 Å². The first kappa shape index (κ1) is 21.2. The Bertz CT molecular complexity index is 1090. The average Bonchev–Trinajstić information content (AvgIpc) is 3.15. The molecule has 1 aliphatic carbocycles. The minimum atomic E-state index is -0.261. The summed E-state index contributed by atoms with van der Waals surface area (Å²) < 4.78 is 13.5. The lowest BCUT2D eigenvalue weighted by Crippen LogP contribution is -2.37. The van der Waals surface area contributed by atoms with E-state index in [1.54, 1.807) is 12.3 Å². The Labute approximate surface area is 181 Å². The number of H-pyrrole nitrogens is 1. The Balaban J connectivity index is 1.47. The number of fused-ring (bicyclic) bond motifs is 1. The molecule has 4 rings (SSSR count). The minimum absolute atomic E-state index is 0.196. The van der Waals surface area contributed by atoms with Gasteiger partial charge in [-0.3, -0.25) is 9.78 Å². The van der Waals surface area contributed by atoms with E-state index < -0.39 is 0 Å². The van der Waals surface area contributed by atoms with E-state index in [0.29, 0.717) is 30.0 Å². The molecule has 0 spiro atoms. The Morgan fingerprint density at radius 1 is 1.32 bits per heavy atom. The smallest absolute Gasteiger partial charge is 0.271 e. The van der Waals surface area contributed by atoms with Gasteiger partial charge >= 0.3 is 0 Å². The number of halogens is 1. The third kappa shape index (κ3) is 4.81. The molecule has 31 heavy (non-hydrogen) atoms. The summed E-state index contributed by atoms with van der Waals surface area (Å²) >= 11 is 0. The SMILES string of the molecule is CC1=C[C@@H](CNC(=O)c2cnccn2)[C@H](C(C)C)C[C@H]1Cc1nc2ccc(F)cc2[nH]1. The van der Waals surface area contributed by atoms with Crippen LogP contribution in [0.3, 0.4) is 0 Å². The highest BCUT2D eigenvalue weighted by atomic mass is 19.1. The molecule has 2 N–H and O–H groups in total. The molecule has 3 atom stereocenters. The lowest BCUT2D eigenvalue weighted by atomic mass is 9.70. The number of hydrogen-bond acceptors (Lipinski definition) is 4. The maximum atomic E-state index is 13.5. The van der Waals surface area contributed by atoms with Gasteiger partial charge in [0, 0.05) is 25.4 Å². The van der Waals surface area contributed by atoms with Crippen LogP contribution in [0.5, 0.6) is 0 Å². The molecule has 2 heterocycles. The molecule has 0 fully saturated rings. The van der Waals surface area contributed by atoms with Crippen LogP contribution in [0.2, 0.25) is 0 Å². The minimum Gasteiger partial charge on any atom is -0.350 e. The van der Waals surface area contributed by atoms with E-state index in [1.807, 2.05) is 0 Å². The van der Waals surface area contributed by atoms with Crippen LogP contribution in [0.15, 0.2) is 48.4 Å².